The van der Waals surface area contributed by atoms with Crippen LogP contribution in [0.5, 0.6) is 0 Å². The molecule has 2 aromatic carbocycles. The molecule has 0 bridgehead atoms. The zero-order valence-corrected chi connectivity index (χ0v) is 15.4. The predicted octanol–water partition coefficient (Wildman–Crippen LogP) is 4.73. The number of sulfonamides is 1. The third kappa shape index (κ3) is 4.95. The molecule has 0 unspecified atom stereocenters. The smallest absolute Gasteiger partial charge is 0.212 e. The van der Waals surface area contributed by atoms with Gasteiger partial charge in [-0.05, 0) is 37.1 Å². The molecule has 0 saturated heterocycles. The van der Waals surface area contributed by atoms with Crippen molar-refractivity contribution in [3.63, 3.8) is 0 Å². The summed E-state index contributed by atoms with van der Waals surface area (Å²) in [5.74, 6) is -0.102. The highest BCUT2D eigenvalue weighted by molar-refractivity contribution is 7.88. The molecule has 0 amide bonds. The predicted molar refractivity (Wildman–Crippen MR) is 96.2 cm³/mol. The molecule has 124 valence electrons. The summed E-state index contributed by atoms with van der Waals surface area (Å²) in [6.07, 6.45) is 0. The standard InChI is InChI=1S/C17H19Cl2NO2S/c1-13(2)20(11-14-6-4-3-5-7-14)23(21,22)12-15-8-9-16(18)17(19)10-15/h3-10,13H,11-12H2,1-2H3. The molecule has 0 aliphatic carbocycles. The first-order valence-electron chi connectivity index (χ1n) is 7.27. The summed E-state index contributed by atoms with van der Waals surface area (Å²) in [5, 5.41) is 0.774. The van der Waals surface area contributed by atoms with Crippen LogP contribution < -0.4 is 0 Å². The molecule has 0 saturated carbocycles. The zero-order valence-electron chi connectivity index (χ0n) is 13.0. The fraction of sp³-hybridized carbons (Fsp3) is 0.294. The van der Waals surface area contributed by atoms with Crippen LogP contribution in [0.4, 0.5) is 0 Å². The maximum atomic E-state index is 12.8. The second-order valence-corrected chi connectivity index (χ2v) is 8.37. The van der Waals surface area contributed by atoms with Crippen LogP contribution in [0.2, 0.25) is 10.0 Å². The van der Waals surface area contributed by atoms with E-state index in [0.29, 0.717) is 22.2 Å². The second kappa shape index (κ2) is 7.67. The summed E-state index contributed by atoms with van der Waals surface area (Å²) in [6.45, 7) is 4.09. The maximum absolute atomic E-state index is 12.8. The average molecular weight is 372 g/mol. The van der Waals surface area contributed by atoms with Gasteiger partial charge in [0.2, 0.25) is 10.0 Å². The maximum Gasteiger partial charge on any atom is 0.218 e. The van der Waals surface area contributed by atoms with Gasteiger partial charge < -0.3 is 0 Å². The quantitative estimate of drug-likeness (QED) is 0.735. The van der Waals surface area contributed by atoms with Crippen LogP contribution in [0.15, 0.2) is 48.5 Å². The molecule has 0 heterocycles. The zero-order chi connectivity index (χ0) is 17.0. The summed E-state index contributed by atoms with van der Waals surface area (Å²) < 4.78 is 27.1. The summed E-state index contributed by atoms with van der Waals surface area (Å²) >= 11 is 11.9. The first-order valence-corrected chi connectivity index (χ1v) is 9.63. The van der Waals surface area contributed by atoms with Gasteiger partial charge in [-0.1, -0.05) is 59.6 Å². The van der Waals surface area contributed by atoms with Crippen molar-refractivity contribution in [3.05, 3.63) is 69.7 Å². The molecule has 0 radical (unpaired) electrons. The highest BCUT2D eigenvalue weighted by Crippen LogP contribution is 2.25. The van der Waals surface area contributed by atoms with Crippen LogP contribution in [-0.4, -0.2) is 18.8 Å². The molecule has 2 aromatic rings. The minimum atomic E-state index is -3.47. The van der Waals surface area contributed by atoms with Crippen molar-refractivity contribution in [2.45, 2.75) is 32.2 Å². The molecule has 0 N–H and O–H groups in total. The van der Waals surface area contributed by atoms with E-state index in [9.17, 15) is 8.42 Å². The number of nitrogens with zero attached hydrogens (tertiary/aromatic N) is 1. The third-order valence-electron chi connectivity index (χ3n) is 3.45. The third-order valence-corrected chi connectivity index (χ3v) is 6.15. The van der Waals surface area contributed by atoms with E-state index >= 15 is 0 Å². The Morgan fingerprint density at radius 3 is 2.17 bits per heavy atom. The van der Waals surface area contributed by atoms with Crippen molar-refractivity contribution in [3.8, 4) is 0 Å². The lowest BCUT2D eigenvalue weighted by Crippen LogP contribution is -2.37. The van der Waals surface area contributed by atoms with Gasteiger partial charge in [0, 0.05) is 12.6 Å². The van der Waals surface area contributed by atoms with Gasteiger partial charge in [-0.15, -0.1) is 0 Å². The monoisotopic (exact) mass is 371 g/mol. The van der Waals surface area contributed by atoms with E-state index in [1.807, 2.05) is 44.2 Å². The summed E-state index contributed by atoms with van der Waals surface area (Å²) in [5.41, 5.74) is 1.58. The van der Waals surface area contributed by atoms with E-state index in [4.69, 9.17) is 23.2 Å². The Bertz CT molecular complexity index is 761. The Hall–Kier alpha value is -1.07. The lowest BCUT2D eigenvalue weighted by atomic mass is 10.2. The van der Waals surface area contributed by atoms with Gasteiger partial charge in [-0.3, -0.25) is 0 Å². The largest absolute Gasteiger partial charge is 0.218 e. The summed E-state index contributed by atoms with van der Waals surface area (Å²) in [7, 11) is -3.47. The molecular formula is C17H19Cl2NO2S. The van der Waals surface area contributed by atoms with E-state index in [-0.39, 0.29) is 11.8 Å². The van der Waals surface area contributed by atoms with Crippen LogP contribution in [0, 0.1) is 0 Å². The molecule has 0 aliphatic rings. The topological polar surface area (TPSA) is 37.4 Å². The molecule has 0 aromatic heterocycles. The molecule has 6 heteroatoms. The van der Waals surface area contributed by atoms with E-state index in [1.54, 1.807) is 18.2 Å². The molecule has 0 fully saturated rings. The van der Waals surface area contributed by atoms with Crippen molar-refractivity contribution in [1.29, 1.82) is 0 Å². The fourth-order valence-corrected chi connectivity index (χ4v) is 4.36. The van der Waals surface area contributed by atoms with E-state index < -0.39 is 10.0 Å². The van der Waals surface area contributed by atoms with Crippen LogP contribution in [-0.2, 0) is 22.3 Å². The van der Waals surface area contributed by atoms with Crippen LogP contribution >= 0.6 is 23.2 Å². The lowest BCUT2D eigenvalue weighted by molar-refractivity contribution is 0.347. The van der Waals surface area contributed by atoms with Crippen molar-refractivity contribution in [2.24, 2.45) is 0 Å². The van der Waals surface area contributed by atoms with Crippen molar-refractivity contribution >= 4 is 33.2 Å². The fourth-order valence-electron chi connectivity index (χ4n) is 2.29. The van der Waals surface area contributed by atoms with E-state index in [1.165, 1.54) is 4.31 Å². The average Bonchev–Trinajstić information content (AvgIpc) is 2.49. The molecular weight excluding hydrogens is 353 g/mol. The number of benzene rings is 2. The van der Waals surface area contributed by atoms with Crippen molar-refractivity contribution in [2.75, 3.05) is 0 Å². The highest BCUT2D eigenvalue weighted by atomic mass is 35.5. The van der Waals surface area contributed by atoms with Crippen LogP contribution in [0.3, 0.4) is 0 Å². The van der Waals surface area contributed by atoms with Crippen LogP contribution in [0.1, 0.15) is 25.0 Å². The van der Waals surface area contributed by atoms with E-state index in [0.717, 1.165) is 5.56 Å². The Labute approximate surface area is 147 Å². The number of hydrogen-bond donors (Lipinski definition) is 0. The normalized spacial score (nSPS) is 12.1. The van der Waals surface area contributed by atoms with Gasteiger partial charge >= 0.3 is 0 Å². The Kier molecular flexibility index (Phi) is 6.09. The van der Waals surface area contributed by atoms with Gasteiger partial charge in [-0.25, -0.2) is 8.42 Å². The minimum Gasteiger partial charge on any atom is -0.212 e. The van der Waals surface area contributed by atoms with Gasteiger partial charge in [0.15, 0.2) is 0 Å². The Morgan fingerprint density at radius 2 is 1.61 bits per heavy atom. The number of hydrogen-bond acceptors (Lipinski definition) is 2. The highest BCUT2D eigenvalue weighted by Gasteiger charge is 2.25. The molecule has 2 rings (SSSR count). The number of halogens is 2. The molecule has 0 aliphatic heterocycles. The molecule has 23 heavy (non-hydrogen) atoms. The minimum absolute atomic E-state index is 0.102. The van der Waals surface area contributed by atoms with Crippen LogP contribution in [0.25, 0.3) is 0 Å². The first-order chi connectivity index (χ1) is 10.8. The Morgan fingerprint density at radius 1 is 0.957 bits per heavy atom. The van der Waals surface area contributed by atoms with Crippen molar-refractivity contribution in [1.82, 2.24) is 4.31 Å². The molecule has 3 nitrogen and oxygen atoms in total. The van der Waals surface area contributed by atoms with Gasteiger partial charge in [0.05, 0.1) is 15.8 Å². The SMILES string of the molecule is CC(C)N(Cc1ccccc1)S(=O)(=O)Cc1ccc(Cl)c(Cl)c1. The first kappa shape index (κ1) is 18.3. The number of rotatable bonds is 6. The Balaban J connectivity index is 2.24. The molecule has 0 spiro atoms. The van der Waals surface area contributed by atoms with E-state index in [2.05, 4.69) is 0 Å². The van der Waals surface area contributed by atoms with Crippen molar-refractivity contribution < 1.29 is 8.42 Å². The van der Waals surface area contributed by atoms with Gasteiger partial charge in [0.25, 0.3) is 0 Å². The van der Waals surface area contributed by atoms with Gasteiger partial charge in [0.1, 0.15) is 0 Å². The summed E-state index contributed by atoms with van der Waals surface area (Å²) in [4.78, 5) is 0. The summed E-state index contributed by atoms with van der Waals surface area (Å²) in [6, 6.07) is 14.3. The molecule has 0 atom stereocenters. The van der Waals surface area contributed by atoms with Gasteiger partial charge in [-0.2, -0.15) is 4.31 Å². The lowest BCUT2D eigenvalue weighted by Gasteiger charge is -2.26. The second-order valence-electron chi connectivity index (χ2n) is 5.63.